The topological polar surface area (TPSA) is 38.7 Å². The van der Waals surface area contributed by atoms with Crippen LogP contribution in [0, 0.1) is 5.92 Å². The van der Waals surface area contributed by atoms with Gasteiger partial charge in [0.1, 0.15) is 17.1 Å². The van der Waals surface area contributed by atoms with E-state index in [-0.39, 0.29) is 5.60 Å². The minimum atomic E-state index is -0.450. The van der Waals surface area contributed by atoms with E-state index in [9.17, 15) is 5.11 Å². The van der Waals surface area contributed by atoms with Gasteiger partial charge in [0.25, 0.3) is 0 Å². The van der Waals surface area contributed by atoms with Crippen molar-refractivity contribution >= 4 is 0 Å². The van der Waals surface area contributed by atoms with Crippen LogP contribution in [-0.4, -0.2) is 17.8 Å². The first-order chi connectivity index (χ1) is 9.53. The number of methoxy groups -OCH3 is 1. The highest BCUT2D eigenvalue weighted by Gasteiger charge is 2.40. The van der Waals surface area contributed by atoms with Crippen LogP contribution in [0.15, 0.2) is 18.2 Å². The normalized spacial score (nSPS) is 26.6. The number of ether oxygens (including phenoxy) is 2. The van der Waals surface area contributed by atoms with Crippen LogP contribution in [0.4, 0.5) is 0 Å². The SMILES string of the molecule is CCC(C)CC1(CC)C[C@@H](O)c2ccc(OC)cc2O1. The third kappa shape index (κ3) is 2.93. The highest BCUT2D eigenvalue weighted by molar-refractivity contribution is 5.44. The first-order valence-corrected chi connectivity index (χ1v) is 7.58. The van der Waals surface area contributed by atoms with Crippen molar-refractivity contribution < 1.29 is 14.6 Å². The summed E-state index contributed by atoms with van der Waals surface area (Å²) >= 11 is 0. The van der Waals surface area contributed by atoms with Crippen LogP contribution in [0.25, 0.3) is 0 Å². The molecule has 1 aliphatic rings. The lowest BCUT2D eigenvalue weighted by Gasteiger charge is -2.42. The fourth-order valence-corrected chi connectivity index (χ4v) is 3.01. The monoisotopic (exact) mass is 278 g/mol. The smallest absolute Gasteiger partial charge is 0.129 e. The van der Waals surface area contributed by atoms with Crippen molar-refractivity contribution in [1.82, 2.24) is 0 Å². The summed E-state index contributed by atoms with van der Waals surface area (Å²) in [5.41, 5.74) is 0.618. The van der Waals surface area contributed by atoms with Crippen molar-refractivity contribution in [2.75, 3.05) is 7.11 Å². The number of aliphatic hydroxyl groups excluding tert-OH is 1. The molecule has 0 aliphatic carbocycles. The Bertz CT molecular complexity index is 458. The number of benzene rings is 1. The third-order valence-corrected chi connectivity index (χ3v) is 4.53. The minimum Gasteiger partial charge on any atom is -0.497 e. The Morgan fingerprint density at radius 2 is 2.20 bits per heavy atom. The summed E-state index contributed by atoms with van der Waals surface area (Å²) in [4.78, 5) is 0. The summed E-state index contributed by atoms with van der Waals surface area (Å²) in [6, 6.07) is 5.67. The van der Waals surface area contributed by atoms with E-state index in [1.54, 1.807) is 7.11 Å². The zero-order chi connectivity index (χ0) is 14.8. The van der Waals surface area contributed by atoms with Crippen LogP contribution >= 0.6 is 0 Å². The molecule has 1 aromatic carbocycles. The van der Waals surface area contributed by atoms with Crippen LogP contribution < -0.4 is 9.47 Å². The highest BCUT2D eigenvalue weighted by atomic mass is 16.5. The van der Waals surface area contributed by atoms with Crippen molar-refractivity contribution in [3.8, 4) is 11.5 Å². The Kier molecular flexibility index (Phi) is 4.59. The van der Waals surface area contributed by atoms with Gasteiger partial charge in [-0.2, -0.15) is 0 Å². The van der Waals surface area contributed by atoms with E-state index in [4.69, 9.17) is 9.47 Å². The van der Waals surface area contributed by atoms with E-state index in [2.05, 4.69) is 20.8 Å². The Balaban J connectivity index is 2.31. The molecule has 0 bridgehead atoms. The Morgan fingerprint density at radius 1 is 1.45 bits per heavy atom. The van der Waals surface area contributed by atoms with Crippen molar-refractivity contribution in [3.63, 3.8) is 0 Å². The zero-order valence-electron chi connectivity index (χ0n) is 13.0. The summed E-state index contributed by atoms with van der Waals surface area (Å²) in [6.45, 7) is 6.58. The second-order valence-electron chi connectivity index (χ2n) is 5.98. The average molecular weight is 278 g/mol. The van der Waals surface area contributed by atoms with Gasteiger partial charge in [-0.25, -0.2) is 0 Å². The van der Waals surface area contributed by atoms with Gasteiger partial charge in [-0.3, -0.25) is 0 Å². The van der Waals surface area contributed by atoms with Gasteiger partial charge in [-0.15, -0.1) is 0 Å². The molecule has 0 aromatic heterocycles. The summed E-state index contributed by atoms with van der Waals surface area (Å²) in [6.07, 6.45) is 3.24. The van der Waals surface area contributed by atoms with Gasteiger partial charge in [-0.05, 0) is 30.9 Å². The van der Waals surface area contributed by atoms with Gasteiger partial charge >= 0.3 is 0 Å². The first kappa shape index (κ1) is 15.2. The van der Waals surface area contributed by atoms with E-state index in [1.165, 1.54) is 0 Å². The molecule has 2 rings (SSSR count). The quantitative estimate of drug-likeness (QED) is 0.881. The molecule has 3 nitrogen and oxygen atoms in total. The van der Waals surface area contributed by atoms with Gasteiger partial charge in [0.2, 0.25) is 0 Å². The molecular formula is C17H26O3. The van der Waals surface area contributed by atoms with Crippen LogP contribution in [-0.2, 0) is 0 Å². The molecule has 1 aromatic rings. The maximum atomic E-state index is 10.5. The number of fused-ring (bicyclic) bond motifs is 1. The van der Waals surface area contributed by atoms with Crippen LogP contribution in [0.3, 0.4) is 0 Å². The Labute approximate surface area is 121 Å². The first-order valence-electron chi connectivity index (χ1n) is 7.58. The van der Waals surface area contributed by atoms with Gasteiger partial charge in [0.05, 0.1) is 13.2 Å². The Hall–Kier alpha value is -1.22. The van der Waals surface area contributed by atoms with Crippen LogP contribution in [0.1, 0.15) is 58.1 Å². The maximum Gasteiger partial charge on any atom is 0.129 e. The number of rotatable bonds is 5. The predicted octanol–water partition coefficient (Wildman–Crippen LogP) is 4.10. The molecule has 3 heteroatoms. The summed E-state index contributed by atoms with van der Waals surface area (Å²) < 4.78 is 11.6. The van der Waals surface area contributed by atoms with E-state index in [0.29, 0.717) is 12.3 Å². The molecule has 0 radical (unpaired) electrons. The molecule has 2 unspecified atom stereocenters. The summed E-state index contributed by atoms with van der Waals surface area (Å²) in [5, 5.41) is 10.5. The predicted molar refractivity (Wildman–Crippen MR) is 80.3 cm³/mol. The molecule has 0 fully saturated rings. The van der Waals surface area contributed by atoms with Gasteiger partial charge in [0, 0.05) is 18.1 Å². The molecule has 1 N–H and O–H groups in total. The molecule has 112 valence electrons. The standard InChI is InChI=1S/C17H26O3/c1-5-12(3)10-17(6-2)11-15(18)14-8-7-13(19-4)9-16(14)20-17/h7-9,12,15,18H,5-6,10-11H2,1-4H3/t12?,15-,17?/m1/s1. The zero-order valence-corrected chi connectivity index (χ0v) is 13.0. The number of hydrogen-bond donors (Lipinski definition) is 1. The minimum absolute atomic E-state index is 0.256. The third-order valence-electron chi connectivity index (χ3n) is 4.53. The van der Waals surface area contributed by atoms with Gasteiger partial charge < -0.3 is 14.6 Å². The van der Waals surface area contributed by atoms with Crippen molar-refractivity contribution in [2.45, 2.75) is 58.2 Å². The highest BCUT2D eigenvalue weighted by Crippen LogP contribution is 2.45. The van der Waals surface area contributed by atoms with Gasteiger partial charge in [0.15, 0.2) is 0 Å². The lowest BCUT2D eigenvalue weighted by Crippen LogP contribution is -2.42. The fourth-order valence-electron chi connectivity index (χ4n) is 3.01. The second kappa shape index (κ2) is 6.04. The Morgan fingerprint density at radius 3 is 2.80 bits per heavy atom. The lowest BCUT2D eigenvalue weighted by molar-refractivity contribution is -0.0320. The number of hydrogen-bond acceptors (Lipinski definition) is 3. The van der Waals surface area contributed by atoms with Gasteiger partial charge in [-0.1, -0.05) is 27.2 Å². The van der Waals surface area contributed by atoms with E-state index >= 15 is 0 Å². The molecule has 1 aliphatic heterocycles. The van der Waals surface area contributed by atoms with Crippen LogP contribution in [0.2, 0.25) is 0 Å². The average Bonchev–Trinajstić information content (AvgIpc) is 2.46. The van der Waals surface area contributed by atoms with Crippen LogP contribution in [0.5, 0.6) is 11.5 Å². The molecule has 1 heterocycles. The van der Waals surface area contributed by atoms with E-state index < -0.39 is 6.10 Å². The van der Waals surface area contributed by atoms with E-state index in [1.807, 2.05) is 18.2 Å². The molecule has 0 saturated carbocycles. The molecule has 0 saturated heterocycles. The summed E-state index contributed by atoms with van der Waals surface area (Å²) in [5.74, 6) is 2.13. The lowest BCUT2D eigenvalue weighted by atomic mass is 9.80. The van der Waals surface area contributed by atoms with Crippen molar-refractivity contribution in [3.05, 3.63) is 23.8 Å². The molecule has 20 heavy (non-hydrogen) atoms. The molecule has 0 spiro atoms. The maximum absolute atomic E-state index is 10.5. The second-order valence-corrected chi connectivity index (χ2v) is 5.98. The fraction of sp³-hybridized carbons (Fsp3) is 0.647. The molecule has 3 atom stereocenters. The summed E-state index contributed by atoms with van der Waals surface area (Å²) in [7, 11) is 1.65. The van der Waals surface area contributed by atoms with E-state index in [0.717, 1.165) is 36.3 Å². The number of aliphatic hydroxyl groups is 1. The molecular weight excluding hydrogens is 252 g/mol. The van der Waals surface area contributed by atoms with Crippen molar-refractivity contribution in [1.29, 1.82) is 0 Å². The van der Waals surface area contributed by atoms with Crippen molar-refractivity contribution in [2.24, 2.45) is 5.92 Å². The molecule has 0 amide bonds. The largest absolute Gasteiger partial charge is 0.497 e.